The molecule has 246 valence electrons. The zero-order valence-corrected chi connectivity index (χ0v) is 28.7. The molecule has 52 heavy (non-hydrogen) atoms. The van der Waals surface area contributed by atoms with E-state index in [0.717, 1.165) is 55.8 Å². The van der Waals surface area contributed by atoms with Gasteiger partial charge in [0.15, 0.2) is 0 Å². The minimum atomic E-state index is 0.875. The van der Waals surface area contributed by atoms with Crippen LogP contribution in [0.3, 0.4) is 0 Å². The predicted octanol–water partition coefficient (Wildman–Crippen LogP) is 13.8. The van der Waals surface area contributed by atoms with Gasteiger partial charge < -0.3 is 13.9 Å². The van der Waals surface area contributed by atoms with Gasteiger partial charge in [0.2, 0.25) is 0 Å². The Kier molecular flexibility index (Phi) is 7.04. The number of aryl methyl sites for hydroxylation is 1. The summed E-state index contributed by atoms with van der Waals surface area (Å²) in [7, 11) is 0. The van der Waals surface area contributed by atoms with Gasteiger partial charge in [0, 0.05) is 49.7 Å². The summed E-state index contributed by atoms with van der Waals surface area (Å²) in [5.41, 5.74) is 14.2. The highest BCUT2D eigenvalue weighted by atomic mass is 16.3. The fourth-order valence-corrected chi connectivity index (χ4v) is 7.94. The lowest BCUT2D eigenvalue weighted by molar-refractivity contribution is 0.670. The fourth-order valence-electron chi connectivity index (χ4n) is 7.94. The van der Waals surface area contributed by atoms with Crippen molar-refractivity contribution in [1.82, 2.24) is 4.57 Å². The first kappa shape index (κ1) is 30.0. The van der Waals surface area contributed by atoms with Gasteiger partial charge in [-0.05, 0) is 84.3 Å². The van der Waals surface area contributed by atoms with Crippen molar-refractivity contribution in [2.45, 2.75) is 6.92 Å². The highest BCUT2D eigenvalue weighted by molar-refractivity contribution is 6.13. The number of hydrogen-bond acceptors (Lipinski definition) is 2. The summed E-state index contributed by atoms with van der Waals surface area (Å²) in [5.74, 6) is 0. The average Bonchev–Trinajstić information content (AvgIpc) is 3.75. The van der Waals surface area contributed by atoms with E-state index >= 15 is 0 Å². The molecule has 0 aliphatic rings. The summed E-state index contributed by atoms with van der Waals surface area (Å²) in [6.45, 7) is 2.21. The SMILES string of the molecule is Cc1cc(-c2ccccc2)ccc1N(c1ccccc1)c1cc(-c2ccccc2-n2c3ccccc3c3ccccc32)c2oc3ccccc3c2c1. The van der Waals surface area contributed by atoms with Gasteiger partial charge in [-0.3, -0.25) is 0 Å². The first-order valence-corrected chi connectivity index (χ1v) is 17.8. The number of furan rings is 1. The molecule has 0 atom stereocenters. The Hall–Kier alpha value is -6.84. The van der Waals surface area contributed by atoms with Crippen molar-refractivity contribution in [1.29, 1.82) is 0 Å². The monoisotopic (exact) mass is 666 g/mol. The van der Waals surface area contributed by atoms with Gasteiger partial charge in [-0.2, -0.15) is 0 Å². The van der Waals surface area contributed by atoms with Crippen LogP contribution in [0.15, 0.2) is 192 Å². The van der Waals surface area contributed by atoms with Crippen molar-refractivity contribution in [3.63, 3.8) is 0 Å². The second-order valence-electron chi connectivity index (χ2n) is 13.4. The zero-order valence-electron chi connectivity index (χ0n) is 28.7. The van der Waals surface area contributed by atoms with Gasteiger partial charge in [-0.15, -0.1) is 0 Å². The normalized spacial score (nSPS) is 11.6. The maximum Gasteiger partial charge on any atom is 0.143 e. The van der Waals surface area contributed by atoms with E-state index in [1.807, 2.05) is 6.07 Å². The molecule has 2 heterocycles. The standard InChI is InChI=1S/C49H34N2O/c1-33-30-35(34-16-4-2-5-17-34)28-29-44(33)50(36-18-6-3-7-19-36)37-31-42(49-43(32-37)41-23-11-15-27-48(41)52-49)40-22-10-14-26-47(40)51-45-24-12-8-20-38(45)39-21-9-13-25-46(39)51/h2-32H,1H3. The van der Waals surface area contributed by atoms with Crippen LogP contribution in [0, 0.1) is 6.92 Å². The van der Waals surface area contributed by atoms with Gasteiger partial charge in [-0.1, -0.05) is 127 Å². The molecule has 3 nitrogen and oxygen atoms in total. The van der Waals surface area contributed by atoms with E-state index in [4.69, 9.17) is 4.42 Å². The van der Waals surface area contributed by atoms with Crippen LogP contribution in [0.25, 0.3) is 71.7 Å². The highest BCUT2D eigenvalue weighted by Crippen LogP contribution is 2.46. The second-order valence-corrected chi connectivity index (χ2v) is 13.4. The molecule has 0 radical (unpaired) electrons. The Bertz CT molecular complexity index is 2860. The largest absolute Gasteiger partial charge is 0.455 e. The first-order chi connectivity index (χ1) is 25.7. The number of hydrogen-bond donors (Lipinski definition) is 0. The lowest BCUT2D eigenvalue weighted by Gasteiger charge is -2.28. The Labute approximate surface area is 302 Å². The van der Waals surface area contributed by atoms with E-state index in [9.17, 15) is 0 Å². The maximum absolute atomic E-state index is 6.79. The number of fused-ring (bicyclic) bond motifs is 6. The number of benzene rings is 8. The summed E-state index contributed by atoms with van der Waals surface area (Å²) in [6, 6.07) is 67.2. The van der Waals surface area contributed by atoms with E-state index in [1.54, 1.807) is 0 Å². The van der Waals surface area contributed by atoms with Crippen LogP contribution >= 0.6 is 0 Å². The minimum Gasteiger partial charge on any atom is -0.455 e. The summed E-state index contributed by atoms with van der Waals surface area (Å²) < 4.78 is 9.20. The van der Waals surface area contributed by atoms with Crippen LogP contribution in [0.5, 0.6) is 0 Å². The Morgan fingerprint density at radius 2 is 1.06 bits per heavy atom. The molecule has 10 rings (SSSR count). The molecule has 0 spiro atoms. The summed E-state index contributed by atoms with van der Waals surface area (Å²) >= 11 is 0. The fraction of sp³-hybridized carbons (Fsp3) is 0.0204. The van der Waals surface area contributed by atoms with Gasteiger partial charge in [0.25, 0.3) is 0 Å². The molecule has 0 aliphatic carbocycles. The van der Waals surface area contributed by atoms with Crippen LogP contribution in [0.4, 0.5) is 17.1 Å². The Morgan fingerprint density at radius 1 is 0.442 bits per heavy atom. The third kappa shape index (κ3) is 4.82. The van der Waals surface area contributed by atoms with Crippen LogP contribution < -0.4 is 4.90 Å². The molecule has 0 bridgehead atoms. The van der Waals surface area contributed by atoms with Crippen molar-refractivity contribution in [2.75, 3.05) is 4.90 Å². The first-order valence-electron chi connectivity index (χ1n) is 17.8. The van der Waals surface area contributed by atoms with E-state index < -0.39 is 0 Å². The molecule has 0 N–H and O–H groups in total. The number of anilines is 3. The van der Waals surface area contributed by atoms with Gasteiger partial charge in [0.05, 0.1) is 16.7 Å². The van der Waals surface area contributed by atoms with Gasteiger partial charge in [-0.25, -0.2) is 0 Å². The smallest absolute Gasteiger partial charge is 0.143 e. The molecule has 3 heteroatoms. The third-order valence-electron chi connectivity index (χ3n) is 10.3. The third-order valence-corrected chi connectivity index (χ3v) is 10.3. The molecule has 0 fully saturated rings. The molecule has 0 amide bonds. The molecule has 10 aromatic rings. The Morgan fingerprint density at radius 3 is 1.79 bits per heavy atom. The average molecular weight is 667 g/mol. The molecule has 0 aliphatic heterocycles. The van der Waals surface area contributed by atoms with Crippen LogP contribution in [-0.4, -0.2) is 4.57 Å². The van der Waals surface area contributed by atoms with E-state index in [1.165, 1.54) is 38.5 Å². The maximum atomic E-state index is 6.79. The number of nitrogens with zero attached hydrogens (tertiary/aromatic N) is 2. The zero-order chi connectivity index (χ0) is 34.6. The van der Waals surface area contributed by atoms with Crippen molar-refractivity contribution in [2.24, 2.45) is 0 Å². The van der Waals surface area contributed by atoms with Crippen LogP contribution in [0.1, 0.15) is 5.56 Å². The molecular weight excluding hydrogens is 633 g/mol. The van der Waals surface area contributed by atoms with Crippen LogP contribution in [0.2, 0.25) is 0 Å². The molecule has 2 aromatic heterocycles. The Balaban J connectivity index is 1.26. The summed E-state index contributed by atoms with van der Waals surface area (Å²) in [6.07, 6.45) is 0. The minimum absolute atomic E-state index is 0.875. The highest BCUT2D eigenvalue weighted by Gasteiger charge is 2.23. The molecule has 0 saturated heterocycles. The molecule has 0 saturated carbocycles. The number of aromatic nitrogens is 1. The summed E-state index contributed by atoms with van der Waals surface area (Å²) in [4.78, 5) is 2.39. The van der Waals surface area contributed by atoms with E-state index in [0.29, 0.717) is 0 Å². The van der Waals surface area contributed by atoms with Gasteiger partial charge >= 0.3 is 0 Å². The van der Waals surface area contributed by atoms with Crippen molar-refractivity contribution >= 4 is 60.8 Å². The van der Waals surface area contributed by atoms with Crippen molar-refractivity contribution in [3.05, 3.63) is 194 Å². The lowest BCUT2D eigenvalue weighted by Crippen LogP contribution is -2.11. The number of para-hydroxylation sites is 5. The van der Waals surface area contributed by atoms with Crippen LogP contribution in [-0.2, 0) is 0 Å². The van der Waals surface area contributed by atoms with E-state index in [2.05, 4.69) is 198 Å². The second kappa shape index (κ2) is 12.2. The summed E-state index contributed by atoms with van der Waals surface area (Å²) in [5, 5.41) is 4.65. The molecule has 8 aromatic carbocycles. The number of rotatable bonds is 6. The lowest BCUT2D eigenvalue weighted by atomic mass is 9.97. The van der Waals surface area contributed by atoms with Crippen molar-refractivity contribution < 1.29 is 4.42 Å². The van der Waals surface area contributed by atoms with Crippen molar-refractivity contribution in [3.8, 4) is 27.9 Å². The topological polar surface area (TPSA) is 21.3 Å². The quantitative estimate of drug-likeness (QED) is 0.176. The van der Waals surface area contributed by atoms with E-state index in [-0.39, 0.29) is 0 Å². The molecule has 0 unspecified atom stereocenters. The predicted molar refractivity (Wildman–Crippen MR) is 218 cm³/mol. The van der Waals surface area contributed by atoms with Gasteiger partial charge in [0.1, 0.15) is 11.2 Å². The molecular formula is C49H34N2O.